The van der Waals surface area contributed by atoms with E-state index in [2.05, 4.69) is 43.1 Å². The number of nitrogens with one attached hydrogen (secondary N) is 1. The Hall–Kier alpha value is -1.24. The minimum Gasteiger partial charge on any atom is -0.389 e. The highest BCUT2D eigenvalue weighted by atomic mass is 14.9. The first-order chi connectivity index (χ1) is 6.68. The third kappa shape index (κ3) is 4.13. The molecule has 1 aliphatic carbocycles. The van der Waals surface area contributed by atoms with Crippen molar-refractivity contribution in [3.05, 3.63) is 47.7 Å². The molecule has 1 aliphatic rings. The minimum atomic E-state index is 0.988. The predicted octanol–water partition coefficient (Wildman–Crippen LogP) is 3.33. The van der Waals surface area contributed by atoms with Crippen LogP contribution in [0.4, 0.5) is 0 Å². The van der Waals surface area contributed by atoms with Gasteiger partial charge in [0.05, 0.1) is 0 Å². The molecule has 0 fully saturated rings. The molecule has 0 aromatic rings. The van der Waals surface area contributed by atoms with Crippen molar-refractivity contribution in [1.29, 1.82) is 0 Å². The summed E-state index contributed by atoms with van der Waals surface area (Å²) < 4.78 is 0. The molecule has 0 bridgehead atoms. The van der Waals surface area contributed by atoms with Gasteiger partial charge in [-0.1, -0.05) is 42.0 Å². The molecule has 0 amide bonds. The van der Waals surface area contributed by atoms with Gasteiger partial charge in [0, 0.05) is 12.2 Å². The van der Waals surface area contributed by atoms with Gasteiger partial charge in [0.25, 0.3) is 0 Å². The summed E-state index contributed by atoms with van der Waals surface area (Å²) in [5.74, 6) is 0. The van der Waals surface area contributed by atoms with Crippen LogP contribution >= 0.6 is 0 Å². The lowest BCUT2D eigenvalue weighted by atomic mass is 10.1. The fraction of sp³-hybridized carbons (Fsp3) is 0.385. The summed E-state index contributed by atoms with van der Waals surface area (Å²) in [5, 5.41) is 3.25. The van der Waals surface area contributed by atoms with Gasteiger partial charge >= 0.3 is 0 Å². The van der Waals surface area contributed by atoms with E-state index in [0.717, 1.165) is 25.1 Å². The van der Waals surface area contributed by atoms with Gasteiger partial charge < -0.3 is 5.32 Å². The highest BCUT2D eigenvalue weighted by Gasteiger charge is 1.98. The minimum absolute atomic E-state index is 0.988. The first-order valence-electron chi connectivity index (χ1n) is 5.11. The third-order valence-electron chi connectivity index (χ3n) is 2.18. The lowest BCUT2D eigenvalue weighted by molar-refractivity contribution is 0.775. The second-order valence-electron chi connectivity index (χ2n) is 3.80. The second kappa shape index (κ2) is 5.48. The summed E-state index contributed by atoms with van der Waals surface area (Å²) in [7, 11) is 0. The van der Waals surface area contributed by atoms with Crippen LogP contribution in [0.5, 0.6) is 0 Å². The predicted molar refractivity (Wildman–Crippen MR) is 63.0 cm³/mol. The highest BCUT2D eigenvalue weighted by Crippen LogP contribution is 2.14. The first-order valence-corrected chi connectivity index (χ1v) is 5.11. The number of hydrogen-bond acceptors (Lipinski definition) is 1. The molecule has 0 radical (unpaired) electrons. The third-order valence-corrected chi connectivity index (χ3v) is 2.18. The molecule has 1 heteroatoms. The van der Waals surface area contributed by atoms with Gasteiger partial charge in [0.1, 0.15) is 0 Å². The average molecular weight is 189 g/mol. The van der Waals surface area contributed by atoms with Crippen LogP contribution in [0, 0.1) is 0 Å². The van der Waals surface area contributed by atoms with Gasteiger partial charge in [-0.15, -0.1) is 0 Å². The molecule has 0 aromatic heterocycles. The van der Waals surface area contributed by atoms with Crippen LogP contribution in [0.3, 0.4) is 0 Å². The Morgan fingerprint density at radius 3 is 3.07 bits per heavy atom. The Balaban J connectivity index is 2.41. The van der Waals surface area contributed by atoms with Crippen LogP contribution in [0.1, 0.15) is 26.7 Å². The zero-order valence-electron chi connectivity index (χ0n) is 9.14. The fourth-order valence-corrected chi connectivity index (χ4v) is 1.48. The van der Waals surface area contributed by atoms with Crippen molar-refractivity contribution in [2.24, 2.45) is 0 Å². The normalized spacial score (nSPS) is 15.6. The summed E-state index contributed by atoms with van der Waals surface area (Å²) in [5.41, 5.74) is 3.87. The highest BCUT2D eigenvalue weighted by molar-refractivity contribution is 5.30. The fourth-order valence-electron chi connectivity index (χ4n) is 1.48. The second-order valence-corrected chi connectivity index (χ2v) is 3.80. The Morgan fingerprint density at radius 1 is 1.57 bits per heavy atom. The van der Waals surface area contributed by atoms with Crippen LogP contribution < -0.4 is 5.32 Å². The molecule has 76 valence electrons. The molecule has 0 spiro atoms. The van der Waals surface area contributed by atoms with E-state index >= 15 is 0 Å². The number of hydrogen-bond donors (Lipinski definition) is 1. The Morgan fingerprint density at radius 2 is 2.36 bits per heavy atom. The molecule has 0 unspecified atom stereocenters. The molecule has 0 aliphatic heterocycles. The Kier molecular flexibility index (Phi) is 4.24. The molecule has 1 rings (SSSR count). The van der Waals surface area contributed by atoms with Crippen molar-refractivity contribution >= 4 is 0 Å². The van der Waals surface area contributed by atoms with Gasteiger partial charge in [-0.25, -0.2) is 0 Å². The molecule has 0 saturated carbocycles. The van der Waals surface area contributed by atoms with E-state index in [1.807, 2.05) is 6.92 Å². The SMILES string of the molecule is C=C(C)NCCC1=CC(C)=CC=CC1. The van der Waals surface area contributed by atoms with Gasteiger partial charge in [-0.2, -0.15) is 0 Å². The molecule has 14 heavy (non-hydrogen) atoms. The average Bonchev–Trinajstić information content (AvgIpc) is 2.29. The van der Waals surface area contributed by atoms with E-state index in [9.17, 15) is 0 Å². The lowest BCUT2D eigenvalue weighted by Crippen LogP contribution is -2.12. The molecule has 0 aromatic carbocycles. The molecule has 0 saturated heterocycles. The van der Waals surface area contributed by atoms with Crippen molar-refractivity contribution in [2.45, 2.75) is 26.7 Å². The number of rotatable bonds is 4. The molecule has 0 atom stereocenters. The molecular formula is C13H19N. The quantitative estimate of drug-likeness (QED) is 0.715. The van der Waals surface area contributed by atoms with Crippen molar-refractivity contribution in [3.63, 3.8) is 0 Å². The maximum atomic E-state index is 3.82. The number of allylic oxidation sites excluding steroid dienone is 6. The first kappa shape index (κ1) is 10.8. The maximum absolute atomic E-state index is 3.82. The van der Waals surface area contributed by atoms with Gasteiger partial charge in [-0.05, 0) is 26.7 Å². The van der Waals surface area contributed by atoms with Crippen molar-refractivity contribution in [2.75, 3.05) is 6.54 Å². The van der Waals surface area contributed by atoms with Crippen LogP contribution in [0.2, 0.25) is 0 Å². The van der Waals surface area contributed by atoms with Crippen LogP contribution in [-0.4, -0.2) is 6.54 Å². The van der Waals surface area contributed by atoms with E-state index in [-0.39, 0.29) is 0 Å². The molecule has 0 heterocycles. The lowest BCUT2D eigenvalue weighted by Gasteiger charge is -2.07. The molecular weight excluding hydrogens is 170 g/mol. The standard InChI is InChI=1S/C13H19N/c1-11(2)14-9-8-13-7-5-4-6-12(3)10-13/h4-6,10,14H,1,7-9H2,2-3H3. The summed E-state index contributed by atoms with van der Waals surface area (Å²) in [6.07, 6.45) is 10.9. The van der Waals surface area contributed by atoms with Crippen molar-refractivity contribution < 1.29 is 0 Å². The van der Waals surface area contributed by atoms with Crippen LogP contribution in [0.15, 0.2) is 47.7 Å². The van der Waals surface area contributed by atoms with E-state index in [4.69, 9.17) is 0 Å². The van der Waals surface area contributed by atoms with Crippen molar-refractivity contribution in [3.8, 4) is 0 Å². The monoisotopic (exact) mass is 189 g/mol. The van der Waals surface area contributed by atoms with E-state index in [1.54, 1.807) is 0 Å². The van der Waals surface area contributed by atoms with Crippen LogP contribution in [0.25, 0.3) is 0 Å². The Labute approximate surface area is 86.9 Å². The summed E-state index contributed by atoms with van der Waals surface area (Å²) in [4.78, 5) is 0. The van der Waals surface area contributed by atoms with E-state index in [0.29, 0.717) is 0 Å². The summed E-state index contributed by atoms with van der Waals surface area (Å²) in [6, 6.07) is 0. The van der Waals surface area contributed by atoms with E-state index in [1.165, 1.54) is 11.1 Å². The van der Waals surface area contributed by atoms with Gasteiger partial charge in [0.2, 0.25) is 0 Å². The summed E-state index contributed by atoms with van der Waals surface area (Å²) in [6.45, 7) is 8.94. The Bertz CT molecular complexity index is 292. The van der Waals surface area contributed by atoms with Gasteiger partial charge in [0.15, 0.2) is 0 Å². The summed E-state index contributed by atoms with van der Waals surface area (Å²) >= 11 is 0. The van der Waals surface area contributed by atoms with Gasteiger partial charge in [-0.3, -0.25) is 0 Å². The zero-order valence-corrected chi connectivity index (χ0v) is 9.14. The molecule has 1 N–H and O–H groups in total. The van der Waals surface area contributed by atoms with Crippen LogP contribution in [-0.2, 0) is 0 Å². The van der Waals surface area contributed by atoms with Crippen molar-refractivity contribution in [1.82, 2.24) is 5.32 Å². The largest absolute Gasteiger partial charge is 0.389 e. The smallest absolute Gasteiger partial charge is 0.0181 e. The molecule has 1 nitrogen and oxygen atoms in total. The maximum Gasteiger partial charge on any atom is 0.0181 e. The zero-order chi connectivity index (χ0) is 10.4. The topological polar surface area (TPSA) is 12.0 Å². The van der Waals surface area contributed by atoms with E-state index < -0.39 is 0 Å².